The Kier molecular flexibility index (Phi) is 5.76. The summed E-state index contributed by atoms with van der Waals surface area (Å²) < 4.78 is 30.9. The highest BCUT2D eigenvalue weighted by Gasteiger charge is 2.17. The summed E-state index contributed by atoms with van der Waals surface area (Å²) in [5, 5.41) is 2.84. The Labute approximate surface area is 176 Å². The van der Waals surface area contributed by atoms with Gasteiger partial charge in [0, 0.05) is 6.26 Å². The van der Waals surface area contributed by atoms with Gasteiger partial charge in [0.2, 0.25) is 5.91 Å². The third-order valence-electron chi connectivity index (χ3n) is 5.19. The molecule has 0 unspecified atom stereocenters. The van der Waals surface area contributed by atoms with Crippen molar-refractivity contribution in [2.24, 2.45) is 0 Å². The number of benzene rings is 2. The lowest BCUT2D eigenvalue weighted by atomic mass is 10.1. The molecule has 30 heavy (non-hydrogen) atoms. The summed E-state index contributed by atoms with van der Waals surface area (Å²) in [5.41, 5.74) is 4.15. The summed E-state index contributed by atoms with van der Waals surface area (Å²) in [7, 11) is -3.27. The molecule has 3 aromatic rings. The molecule has 0 fully saturated rings. The van der Waals surface area contributed by atoms with Crippen LogP contribution in [0.2, 0.25) is 0 Å². The van der Waals surface area contributed by atoms with E-state index in [1.165, 1.54) is 17.5 Å². The smallest absolute Gasteiger partial charge is 0.240 e. The SMILES string of the molecule is CS(=O)(=O)Cc1nc2ccccc2n1CC(=O)NCCOc1ccc2c(c1)CCC2. The molecule has 0 saturated carbocycles. The average Bonchev–Trinajstić information content (AvgIpc) is 3.28. The molecule has 1 aromatic heterocycles. The van der Waals surface area contributed by atoms with Crippen LogP contribution in [0.1, 0.15) is 23.4 Å². The number of carbonyl (C=O) groups excluding carboxylic acids is 1. The van der Waals surface area contributed by atoms with E-state index in [9.17, 15) is 13.2 Å². The Morgan fingerprint density at radius 2 is 1.97 bits per heavy atom. The van der Waals surface area contributed by atoms with Gasteiger partial charge in [-0.2, -0.15) is 0 Å². The number of ether oxygens (including phenoxy) is 1. The number of aromatic nitrogens is 2. The second-order valence-corrected chi connectivity index (χ2v) is 9.80. The second-order valence-electron chi connectivity index (χ2n) is 7.66. The molecule has 1 amide bonds. The number of imidazole rings is 1. The van der Waals surface area contributed by atoms with Gasteiger partial charge >= 0.3 is 0 Å². The maximum absolute atomic E-state index is 12.5. The van der Waals surface area contributed by atoms with E-state index in [-0.39, 0.29) is 18.2 Å². The van der Waals surface area contributed by atoms with Gasteiger partial charge in [-0.3, -0.25) is 4.79 Å². The number of amides is 1. The lowest BCUT2D eigenvalue weighted by Crippen LogP contribution is -2.31. The lowest BCUT2D eigenvalue weighted by molar-refractivity contribution is -0.121. The van der Waals surface area contributed by atoms with E-state index in [0.29, 0.717) is 24.5 Å². The summed E-state index contributed by atoms with van der Waals surface area (Å²) in [6.07, 6.45) is 4.58. The quantitative estimate of drug-likeness (QED) is 0.557. The van der Waals surface area contributed by atoms with Crippen molar-refractivity contribution in [3.05, 3.63) is 59.4 Å². The molecule has 158 valence electrons. The molecule has 0 bridgehead atoms. The van der Waals surface area contributed by atoms with Crippen LogP contribution >= 0.6 is 0 Å². The minimum absolute atomic E-state index is 0.00418. The molecule has 1 aliphatic rings. The van der Waals surface area contributed by atoms with E-state index >= 15 is 0 Å². The highest BCUT2D eigenvalue weighted by molar-refractivity contribution is 7.89. The van der Waals surface area contributed by atoms with Crippen LogP contribution in [0.5, 0.6) is 5.75 Å². The van der Waals surface area contributed by atoms with E-state index < -0.39 is 9.84 Å². The van der Waals surface area contributed by atoms with Gasteiger partial charge < -0.3 is 14.6 Å². The first-order valence-corrected chi connectivity index (χ1v) is 12.1. The number of carbonyl (C=O) groups is 1. The number of rotatable bonds is 8. The van der Waals surface area contributed by atoms with E-state index in [1.54, 1.807) is 10.6 Å². The second kappa shape index (κ2) is 8.47. The first-order chi connectivity index (χ1) is 14.4. The highest BCUT2D eigenvalue weighted by Crippen LogP contribution is 2.25. The van der Waals surface area contributed by atoms with Crippen LogP contribution in [0.3, 0.4) is 0 Å². The average molecular weight is 428 g/mol. The van der Waals surface area contributed by atoms with Crippen molar-refractivity contribution in [3.8, 4) is 5.75 Å². The van der Waals surface area contributed by atoms with Gasteiger partial charge in [0.25, 0.3) is 0 Å². The molecule has 0 radical (unpaired) electrons. The number of hydrogen-bond acceptors (Lipinski definition) is 5. The van der Waals surface area contributed by atoms with E-state index in [2.05, 4.69) is 22.4 Å². The topological polar surface area (TPSA) is 90.3 Å². The molecule has 2 aromatic carbocycles. The minimum atomic E-state index is -3.27. The number of para-hydroxylation sites is 2. The van der Waals surface area contributed by atoms with Crippen LogP contribution in [0.15, 0.2) is 42.5 Å². The van der Waals surface area contributed by atoms with Crippen LogP contribution in [0.4, 0.5) is 0 Å². The lowest BCUT2D eigenvalue weighted by Gasteiger charge is -2.11. The number of aryl methyl sites for hydroxylation is 2. The fraction of sp³-hybridized carbons (Fsp3) is 0.364. The molecule has 7 nitrogen and oxygen atoms in total. The standard InChI is InChI=1S/C22H25N3O4S/c1-30(27,28)15-21-24-19-7-2-3-8-20(19)25(21)14-22(26)23-11-12-29-18-10-9-16-5-4-6-17(16)13-18/h2-3,7-10,13H,4-6,11-12,14-15H2,1H3,(H,23,26). The molecular weight excluding hydrogens is 402 g/mol. The Balaban J connectivity index is 1.36. The fourth-order valence-electron chi connectivity index (χ4n) is 3.84. The molecule has 1 aliphatic carbocycles. The zero-order valence-electron chi connectivity index (χ0n) is 16.9. The van der Waals surface area contributed by atoms with Crippen LogP contribution in [-0.4, -0.2) is 43.3 Å². The van der Waals surface area contributed by atoms with Crippen molar-refractivity contribution in [3.63, 3.8) is 0 Å². The van der Waals surface area contributed by atoms with E-state index in [0.717, 1.165) is 30.4 Å². The molecule has 1 N–H and O–H groups in total. The van der Waals surface area contributed by atoms with Crippen LogP contribution < -0.4 is 10.1 Å². The zero-order valence-corrected chi connectivity index (χ0v) is 17.7. The van der Waals surface area contributed by atoms with Crippen molar-refractivity contribution >= 4 is 26.8 Å². The van der Waals surface area contributed by atoms with Gasteiger partial charge in [-0.05, 0) is 54.7 Å². The third kappa shape index (κ3) is 4.81. The molecular formula is C22H25N3O4S. The van der Waals surface area contributed by atoms with Gasteiger partial charge in [-0.1, -0.05) is 18.2 Å². The zero-order chi connectivity index (χ0) is 21.1. The maximum Gasteiger partial charge on any atom is 0.240 e. The third-order valence-corrected chi connectivity index (χ3v) is 5.97. The van der Waals surface area contributed by atoms with E-state index in [4.69, 9.17) is 4.74 Å². The van der Waals surface area contributed by atoms with Gasteiger partial charge in [0.15, 0.2) is 9.84 Å². The van der Waals surface area contributed by atoms with Crippen LogP contribution in [0.25, 0.3) is 11.0 Å². The molecule has 8 heteroatoms. The van der Waals surface area contributed by atoms with E-state index in [1.807, 2.05) is 24.3 Å². The monoisotopic (exact) mass is 427 g/mol. The Morgan fingerprint density at radius 3 is 2.80 bits per heavy atom. The summed E-state index contributed by atoms with van der Waals surface area (Å²) >= 11 is 0. The molecule has 0 spiro atoms. The summed E-state index contributed by atoms with van der Waals surface area (Å²) in [4.78, 5) is 16.9. The highest BCUT2D eigenvalue weighted by atomic mass is 32.2. The Hall–Kier alpha value is -2.87. The fourth-order valence-corrected chi connectivity index (χ4v) is 4.53. The number of sulfone groups is 1. The molecule has 0 saturated heterocycles. The van der Waals surface area contributed by atoms with Crippen molar-refractivity contribution in [2.75, 3.05) is 19.4 Å². The first kappa shape index (κ1) is 20.4. The first-order valence-electron chi connectivity index (χ1n) is 10.0. The molecule has 4 rings (SSSR count). The number of hydrogen-bond donors (Lipinski definition) is 1. The maximum atomic E-state index is 12.5. The van der Waals surface area contributed by atoms with Gasteiger partial charge in [0.05, 0.1) is 17.6 Å². The summed E-state index contributed by atoms with van der Waals surface area (Å²) in [5.74, 6) is 0.755. The van der Waals surface area contributed by atoms with Crippen molar-refractivity contribution in [1.82, 2.24) is 14.9 Å². The van der Waals surface area contributed by atoms with Crippen molar-refractivity contribution in [1.29, 1.82) is 0 Å². The van der Waals surface area contributed by atoms with Crippen molar-refractivity contribution < 1.29 is 17.9 Å². The van der Waals surface area contributed by atoms with Gasteiger partial charge in [-0.15, -0.1) is 0 Å². The van der Waals surface area contributed by atoms with Gasteiger partial charge in [-0.25, -0.2) is 13.4 Å². The summed E-state index contributed by atoms with van der Waals surface area (Å²) in [6, 6.07) is 13.5. The molecule has 0 aliphatic heterocycles. The predicted octanol–water partition coefficient (Wildman–Crippen LogP) is 2.26. The number of fused-ring (bicyclic) bond motifs is 2. The minimum Gasteiger partial charge on any atom is -0.492 e. The van der Waals surface area contributed by atoms with Crippen LogP contribution in [-0.2, 0) is 39.8 Å². The molecule has 0 atom stereocenters. The normalized spacial score (nSPS) is 13.4. The predicted molar refractivity (Wildman–Crippen MR) is 115 cm³/mol. The molecule has 1 heterocycles. The van der Waals surface area contributed by atoms with Crippen LogP contribution in [0, 0.1) is 0 Å². The Bertz CT molecular complexity index is 1180. The largest absolute Gasteiger partial charge is 0.492 e. The number of nitrogens with zero attached hydrogens (tertiary/aromatic N) is 2. The summed E-state index contributed by atoms with van der Waals surface area (Å²) in [6.45, 7) is 0.736. The van der Waals surface area contributed by atoms with Gasteiger partial charge in [0.1, 0.15) is 30.5 Å². The Morgan fingerprint density at radius 1 is 1.17 bits per heavy atom. The number of nitrogens with one attached hydrogen (secondary N) is 1. The van der Waals surface area contributed by atoms with Crippen molar-refractivity contribution in [2.45, 2.75) is 31.6 Å².